The summed E-state index contributed by atoms with van der Waals surface area (Å²) in [5.41, 5.74) is 1.62. The van der Waals surface area contributed by atoms with Crippen molar-refractivity contribution in [1.29, 1.82) is 0 Å². The zero-order chi connectivity index (χ0) is 11.0. The van der Waals surface area contributed by atoms with Crippen LogP contribution in [-0.2, 0) is 9.53 Å². The largest absolute Gasteiger partial charge is 0.468 e. The molecule has 0 amide bonds. The molecule has 2 nitrogen and oxygen atoms in total. The Labute approximate surface area is 87.3 Å². The molecule has 0 spiro atoms. The molecule has 0 N–H and O–H groups in total. The molecule has 0 atom stereocenters. The fraction of sp³-hybridized carbons (Fsp3) is 0.750. The van der Waals surface area contributed by atoms with E-state index >= 15 is 0 Å². The highest BCUT2D eigenvalue weighted by molar-refractivity contribution is 5.36. The Morgan fingerprint density at radius 2 is 2.00 bits per heavy atom. The predicted octanol–water partition coefficient (Wildman–Crippen LogP) is 3.32. The second-order valence-corrected chi connectivity index (χ2v) is 4.91. The van der Waals surface area contributed by atoms with E-state index in [1.165, 1.54) is 5.57 Å². The van der Waals surface area contributed by atoms with E-state index < -0.39 is 0 Å². The molecule has 0 rings (SSSR count). The Balaban J connectivity index is 3.41. The van der Waals surface area contributed by atoms with Crippen molar-refractivity contribution in [3.8, 4) is 0 Å². The van der Waals surface area contributed by atoms with Crippen molar-refractivity contribution in [2.45, 2.75) is 46.5 Å². The van der Waals surface area contributed by atoms with Gasteiger partial charge in [-0.3, -0.25) is 4.79 Å². The molecule has 0 aliphatic rings. The zero-order valence-corrected chi connectivity index (χ0v) is 9.64. The monoisotopic (exact) mass is 198 g/mol. The second-order valence-electron chi connectivity index (χ2n) is 4.91. The summed E-state index contributed by atoms with van der Waals surface area (Å²) in [5, 5.41) is 0. The number of carbonyl (C=O) groups is 1. The van der Waals surface area contributed by atoms with Gasteiger partial charge in [0.1, 0.15) is 0 Å². The van der Waals surface area contributed by atoms with Crippen LogP contribution in [0.3, 0.4) is 0 Å². The first kappa shape index (κ1) is 13.2. The number of hydrogen-bond acceptors (Lipinski definition) is 2. The molecule has 0 radical (unpaired) electrons. The fourth-order valence-corrected chi connectivity index (χ4v) is 1.45. The summed E-state index contributed by atoms with van der Waals surface area (Å²) < 4.78 is 4.61. The van der Waals surface area contributed by atoms with Gasteiger partial charge in [0.2, 0.25) is 0 Å². The van der Waals surface area contributed by atoms with Crippen LogP contribution in [-0.4, -0.2) is 13.1 Å². The van der Waals surface area contributed by atoms with E-state index in [9.17, 15) is 4.79 Å². The molecule has 2 heteroatoms. The van der Waals surface area contributed by atoms with Crippen LogP contribution in [0.1, 0.15) is 46.5 Å². The zero-order valence-electron chi connectivity index (χ0n) is 9.64. The molecular formula is C12H22O2. The summed E-state index contributed by atoms with van der Waals surface area (Å²) in [6, 6.07) is 0. The maximum absolute atomic E-state index is 9.85. The van der Waals surface area contributed by atoms with Gasteiger partial charge in [0.15, 0.2) is 0 Å². The van der Waals surface area contributed by atoms with Crippen molar-refractivity contribution in [3.05, 3.63) is 12.2 Å². The first-order valence-corrected chi connectivity index (χ1v) is 5.17. The van der Waals surface area contributed by atoms with E-state index in [1.54, 1.807) is 0 Å². The Bertz CT molecular complexity index is 177. The minimum atomic E-state index is 0.330. The van der Waals surface area contributed by atoms with E-state index in [1.807, 2.05) is 0 Å². The van der Waals surface area contributed by atoms with Crippen molar-refractivity contribution < 1.29 is 9.53 Å². The molecule has 0 aliphatic carbocycles. The number of carbonyl (C=O) groups excluding carboxylic acids is 1. The molecule has 0 fully saturated rings. The number of allylic oxidation sites excluding steroid dienone is 1. The lowest BCUT2D eigenvalue weighted by Gasteiger charge is -2.19. The molecule has 14 heavy (non-hydrogen) atoms. The summed E-state index contributed by atoms with van der Waals surface area (Å²) in [5.74, 6) is 0. The summed E-state index contributed by atoms with van der Waals surface area (Å²) in [6.07, 6.45) is 4.10. The summed E-state index contributed by atoms with van der Waals surface area (Å²) >= 11 is 0. The maximum atomic E-state index is 9.85. The number of hydrogen-bond donors (Lipinski definition) is 0. The average molecular weight is 198 g/mol. The average Bonchev–Trinajstić information content (AvgIpc) is 2.00. The highest BCUT2D eigenvalue weighted by atomic mass is 16.5. The molecule has 82 valence electrons. The number of unbranched alkanes of at least 4 members (excludes halogenated alkanes) is 1. The Morgan fingerprint density at radius 1 is 1.36 bits per heavy atom. The van der Waals surface area contributed by atoms with Gasteiger partial charge < -0.3 is 4.74 Å². The summed E-state index contributed by atoms with van der Waals surface area (Å²) in [7, 11) is 0. The Morgan fingerprint density at radius 3 is 2.50 bits per heavy atom. The van der Waals surface area contributed by atoms with E-state index in [-0.39, 0.29) is 0 Å². The number of ether oxygens (including phenoxy) is 1. The molecule has 0 aromatic carbocycles. The minimum absolute atomic E-state index is 0.330. The van der Waals surface area contributed by atoms with Crippen LogP contribution in [0.5, 0.6) is 0 Å². The van der Waals surface area contributed by atoms with Crippen molar-refractivity contribution in [3.63, 3.8) is 0 Å². The van der Waals surface area contributed by atoms with E-state index in [2.05, 4.69) is 32.1 Å². The van der Waals surface area contributed by atoms with Crippen LogP contribution in [0.2, 0.25) is 0 Å². The second kappa shape index (κ2) is 6.63. The van der Waals surface area contributed by atoms with Gasteiger partial charge in [0.25, 0.3) is 6.47 Å². The lowest BCUT2D eigenvalue weighted by Crippen LogP contribution is -2.06. The fourth-order valence-electron chi connectivity index (χ4n) is 1.45. The summed E-state index contributed by atoms with van der Waals surface area (Å²) in [4.78, 5) is 9.85. The summed E-state index contributed by atoms with van der Waals surface area (Å²) in [6.45, 7) is 11.7. The van der Waals surface area contributed by atoms with Crippen LogP contribution in [0, 0.1) is 5.41 Å². The third kappa shape index (κ3) is 9.30. The van der Waals surface area contributed by atoms with Gasteiger partial charge in [0, 0.05) is 0 Å². The van der Waals surface area contributed by atoms with E-state index in [0.29, 0.717) is 18.5 Å². The first-order chi connectivity index (χ1) is 6.45. The molecule has 0 aromatic rings. The van der Waals surface area contributed by atoms with Gasteiger partial charge in [-0.25, -0.2) is 0 Å². The van der Waals surface area contributed by atoms with Gasteiger partial charge in [-0.2, -0.15) is 0 Å². The lowest BCUT2D eigenvalue weighted by atomic mass is 9.87. The van der Waals surface area contributed by atoms with Crippen molar-refractivity contribution in [2.24, 2.45) is 5.41 Å². The highest BCUT2D eigenvalue weighted by Gasteiger charge is 2.11. The first-order valence-electron chi connectivity index (χ1n) is 5.17. The van der Waals surface area contributed by atoms with Gasteiger partial charge in [-0.15, -0.1) is 0 Å². The van der Waals surface area contributed by atoms with Crippen LogP contribution < -0.4 is 0 Å². The van der Waals surface area contributed by atoms with E-state index in [4.69, 9.17) is 0 Å². The quantitative estimate of drug-likeness (QED) is 0.356. The van der Waals surface area contributed by atoms with Gasteiger partial charge in [0.05, 0.1) is 6.61 Å². The molecule has 0 saturated carbocycles. The highest BCUT2D eigenvalue weighted by Crippen LogP contribution is 2.25. The molecule has 0 saturated heterocycles. The lowest BCUT2D eigenvalue weighted by molar-refractivity contribution is -0.128. The molecule has 0 aromatic heterocycles. The maximum Gasteiger partial charge on any atom is 0.293 e. The van der Waals surface area contributed by atoms with Crippen molar-refractivity contribution in [2.75, 3.05) is 6.61 Å². The van der Waals surface area contributed by atoms with E-state index in [0.717, 1.165) is 25.7 Å². The van der Waals surface area contributed by atoms with Gasteiger partial charge in [-0.05, 0) is 31.1 Å². The van der Waals surface area contributed by atoms with Gasteiger partial charge in [-0.1, -0.05) is 32.9 Å². The Hall–Kier alpha value is -0.790. The smallest absolute Gasteiger partial charge is 0.293 e. The normalized spacial score (nSPS) is 11.1. The number of rotatable bonds is 7. The molecular weight excluding hydrogens is 176 g/mol. The standard InChI is InChI=1S/C12H22O2/c1-11(9-12(2,3)4)7-5-6-8-14-10-13/h10H,1,5-9H2,2-4H3. The molecule has 0 heterocycles. The molecule has 0 unspecified atom stereocenters. The van der Waals surface area contributed by atoms with Crippen molar-refractivity contribution >= 4 is 6.47 Å². The van der Waals surface area contributed by atoms with Crippen LogP contribution in [0.25, 0.3) is 0 Å². The van der Waals surface area contributed by atoms with Crippen LogP contribution in [0.4, 0.5) is 0 Å². The Kier molecular flexibility index (Phi) is 6.26. The van der Waals surface area contributed by atoms with Crippen LogP contribution in [0.15, 0.2) is 12.2 Å². The molecule has 0 aliphatic heterocycles. The third-order valence-corrected chi connectivity index (χ3v) is 1.89. The molecule has 0 bridgehead atoms. The van der Waals surface area contributed by atoms with Gasteiger partial charge >= 0.3 is 0 Å². The van der Waals surface area contributed by atoms with Crippen molar-refractivity contribution in [1.82, 2.24) is 0 Å². The predicted molar refractivity (Wildman–Crippen MR) is 59.1 cm³/mol. The third-order valence-electron chi connectivity index (χ3n) is 1.89. The van der Waals surface area contributed by atoms with Crippen LogP contribution >= 0.6 is 0 Å². The topological polar surface area (TPSA) is 26.3 Å². The minimum Gasteiger partial charge on any atom is -0.468 e. The SMILES string of the molecule is C=C(CCCCOC=O)CC(C)(C)C.